The number of hydrogen-bond donors (Lipinski definition) is 0. The molecule has 0 saturated carbocycles. The van der Waals surface area contributed by atoms with Crippen molar-refractivity contribution in [1.29, 1.82) is 0 Å². The maximum absolute atomic E-state index is 10.4. The van der Waals surface area contributed by atoms with Gasteiger partial charge in [-0.05, 0) is 0 Å². The molecule has 0 aliphatic rings. The molecule has 0 amide bonds. The average Bonchev–Trinajstić information content (AvgIpc) is 1.68. The Morgan fingerprint density at radius 3 is 1.43 bits per heavy atom. The first-order chi connectivity index (χ1) is 3.12. The summed E-state index contributed by atoms with van der Waals surface area (Å²) in [4.78, 5) is 0. The van der Waals surface area contributed by atoms with E-state index in [0.717, 1.165) is 0 Å². The molecule has 0 spiro atoms. The Labute approximate surface area is 45.5 Å². The fraction of sp³-hybridized carbons (Fsp3) is 1.00. The van der Waals surface area contributed by atoms with E-state index in [-0.39, 0.29) is 0 Å². The summed E-state index contributed by atoms with van der Waals surface area (Å²) in [6.07, 6.45) is 0. The molecule has 0 heterocycles. The summed E-state index contributed by atoms with van der Waals surface area (Å²) < 4.78 is 20.9. The first kappa shape index (κ1) is 7.12. The van der Waals surface area contributed by atoms with E-state index in [0.29, 0.717) is 10.6 Å². The fourth-order valence-electron chi connectivity index (χ4n) is 0.204. The van der Waals surface area contributed by atoms with Gasteiger partial charge in [-0.25, -0.2) is 0 Å². The van der Waals surface area contributed by atoms with Crippen LogP contribution >= 0.6 is 0 Å². The molecule has 0 unspecified atom stereocenters. The zero-order chi connectivity index (χ0) is 5.91. The number of rotatable bonds is 2. The molecule has 0 N–H and O–H groups in total. The molecule has 0 radical (unpaired) electrons. The second-order valence-corrected chi connectivity index (χ2v) is 6.86. The summed E-state index contributed by atoms with van der Waals surface area (Å²) in [6.45, 7) is 3.37. The van der Waals surface area contributed by atoms with Crippen molar-refractivity contribution in [2.24, 2.45) is 0 Å². The van der Waals surface area contributed by atoms with Crippen molar-refractivity contribution in [2.45, 2.75) is 24.5 Å². The summed E-state index contributed by atoms with van der Waals surface area (Å²) in [5, 5.41) is 0.681. The molecule has 2 nitrogen and oxygen atoms in total. The van der Waals surface area contributed by atoms with Gasteiger partial charge in [-0.15, -0.1) is 0 Å². The van der Waals surface area contributed by atoms with Gasteiger partial charge in [0.25, 0.3) is 0 Å². The zero-order valence-corrected chi connectivity index (χ0v) is 6.35. The van der Waals surface area contributed by atoms with Crippen molar-refractivity contribution < 1.29 is 7.67 Å². The van der Waals surface area contributed by atoms with Gasteiger partial charge < -0.3 is 0 Å². The van der Waals surface area contributed by atoms with E-state index in [1.165, 1.54) is 0 Å². The van der Waals surface area contributed by atoms with Gasteiger partial charge in [0.05, 0.1) is 0 Å². The van der Waals surface area contributed by atoms with Crippen LogP contribution in [0.4, 0.5) is 0 Å². The Morgan fingerprint density at radius 2 is 1.43 bits per heavy atom. The summed E-state index contributed by atoms with van der Waals surface area (Å²) in [6, 6.07) is 0. The zero-order valence-electron chi connectivity index (χ0n) is 4.64. The minimum atomic E-state index is -3.31. The maximum atomic E-state index is 10.4. The van der Waals surface area contributed by atoms with E-state index in [4.69, 9.17) is 0 Å². The predicted octanol–water partition coefficient (Wildman–Crippen LogP) is 1.33. The van der Waals surface area contributed by atoms with Crippen LogP contribution in [-0.4, -0.2) is 12.7 Å². The molecule has 3 heteroatoms. The summed E-state index contributed by atoms with van der Waals surface area (Å²) in [5.74, 6) is 0. The Morgan fingerprint density at radius 1 is 1.14 bits per heavy atom. The van der Waals surface area contributed by atoms with Crippen LogP contribution in [-0.2, 0) is 7.67 Å². The van der Waals surface area contributed by atoms with Gasteiger partial charge in [0.2, 0.25) is 0 Å². The first-order valence-electron chi connectivity index (χ1n) is 2.32. The Balaban J connectivity index is 3.89. The predicted molar refractivity (Wildman–Crippen MR) is 28.1 cm³/mol. The molecule has 0 atom stereocenters. The van der Waals surface area contributed by atoms with E-state index in [1.807, 2.05) is 0 Å². The van der Waals surface area contributed by atoms with Crippen LogP contribution in [0, 0.1) is 0 Å². The number of hydrogen-bond acceptors (Lipinski definition) is 2. The van der Waals surface area contributed by atoms with Crippen molar-refractivity contribution in [2.75, 3.05) is 0 Å². The van der Waals surface area contributed by atoms with E-state index < -0.39 is 12.7 Å². The van der Waals surface area contributed by atoms with Gasteiger partial charge in [-0.3, -0.25) is 0 Å². The normalized spacial score (nSPS) is 11.7. The van der Waals surface area contributed by atoms with Crippen molar-refractivity contribution in [3.8, 4) is 0 Å². The van der Waals surface area contributed by atoms with E-state index in [2.05, 4.69) is 0 Å². The van der Waals surface area contributed by atoms with Crippen LogP contribution in [0.1, 0.15) is 13.8 Å². The first-order valence-corrected chi connectivity index (χ1v) is 6.15. The Bertz CT molecular complexity index is 113. The quantitative estimate of drug-likeness (QED) is 0.584. The molecular formula is C4H10O2Se. The third kappa shape index (κ3) is 2.77. The SMILES string of the molecule is CC[Se](=O)(=O)CC. The van der Waals surface area contributed by atoms with E-state index in [9.17, 15) is 7.67 Å². The van der Waals surface area contributed by atoms with Gasteiger partial charge in [-0.2, -0.15) is 0 Å². The second kappa shape index (κ2) is 2.43. The van der Waals surface area contributed by atoms with Gasteiger partial charge in [0.1, 0.15) is 0 Å². The van der Waals surface area contributed by atoms with Crippen LogP contribution in [0.15, 0.2) is 0 Å². The van der Waals surface area contributed by atoms with Gasteiger partial charge in [0.15, 0.2) is 0 Å². The third-order valence-corrected chi connectivity index (χ3v) is 4.57. The van der Waals surface area contributed by atoms with Crippen LogP contribution in [0.3, 0.4) is 0 Å². The van der Waals surface area contributed by atoms with Crippen LogP contribution in [0.25, 0.3) is 0 Å². The summed E-state index contributed by atoms with van der Waals surface area (Å²) >= 11 is -3.31. The second-order valence-electron chi connectivity index (χ2n) is 1.32. The summed E-state index contributed by atoms with van der Waals surface area (Å²) in [7, 11) is 0. The van der Waals surface area contributed by atoms with Crippen molar-refractivity contribution >= 4 is 12.7 Å². The molecular weight excluding hydrogens is 159 g/mol. The molecule has 7 heavy (non-hydrogen) atoms. The van der Waals surface area contributed by atoms with Gasteiger partial charge in [-0.1, -0.05) is 0 Å². The van der Waals surface area contributed by atoms with Crippen molar-refractivity contribution in [1.82, 2.24) is 0 Å². The molecule has 0 aromatic rings. The minimum absolute atomic E-state index is 0.340. The van der Waals surface area contributed by atoms with E-state index >= 15 is 0 Å². The molecule has 0 rings (SSSR count). The van der Waals surface area contributed by atoms with E-state index in [1.54, 1.807) is 13.8 Å². The van der Waals surface area contributed by atoms with Crippen LogP contribution < -0.4 is 0 Å². The Hall–Kier alpha value is 0.119. The van der Waals surface area contributed by atoms with Gasteiger partial charge in [0, 0.05) is 0 Å². The molecule has 0 aromatic carbocycles. The van der Waals surface area contributed by atoms with Crippen molar-refractivity contribution in [3.05, 3.63) is 0 Å². The average molecular weight is 169 g/mol. The third-order valence-electron chi connectivity index (χ3n) is 0.880. The van der Waals surface area contributed by atoms with Gasteiger partial charge >= 0.3 is 44.9 Å². The van der Waals surface area contributed by atoms with Crippen LogP contribution in [0.2, 0.25) is 10.6 Å². The molecule has 0 saturated heterocycles. The molecule has 0 aromatic heterocycles. The molecule has 44 valence electrons. The standard InChI is InChI=1S/C4H10O2Se/c1-3-7(5,6)4-2/h3-4H2,1-2H3. The molecule has 0 fully saturated rings. The summed E-state index contributed by atoms with van der Waals surface area (Å²) in [5.41, 5.74) is 0. The fourth-order valence-corrected chi connectivity index (χ4v) is 1.06. The molecule has 0 aliphatic heterocycles. The monoisotopic (exact) mass is 170 g/mol. The van der Waals surface area contributed by atoms with Crippen molar-refractivity contribution in [3.63, 3.8) is 0 Å². The molecule has 0 bridgehead atoms. The Kier molecular flexibility index (Phi) is 2.47. The topological polar surface area (TPSA) is 34.1 Å². The van der Waals surface area contributed by atoms with Crippen LogP contribution in [0.5, 0.6) is 0 Å². The molecule has 0 aliphatic carbocycles.